The number of hydrogen-bond acceptors (Lipinski definition) is 5. The lowest BCUT2D eigenvalue weighted by Crippen LogP contribution is -2.40. The van der Waals surface area contributed by atoms with Crippen LogP contribution in [0.3, 0.4) is 0 Å². The molecule has 1 aliphatic heterocycles. The number of carbonyl (C=O) groups is 1. The van der Waals surface area contributed by atoms with Gasteiger partial charge in [-0.15, -0.1) is 0 Å². The molecule has 0 unspecified atom stereocenters. The van der Waals surface area contributed by atoms with Crippen molar-refractivity contribution in [2.24, 2.45) is 4.99 Å². The molecule has 5 nitrogen and oxygen atoms in total. The minimum absolute atomic E-state index is 0.194. The lowest BCUT2D eigenvalue weighted by Gasteiger charge is -2.25. The van der Waals surface area contributed by atoms with Gasteiger partial charge < -0.3 is 4.74 Å². The van der Waals surface area contributed by atoms with E-state index < -0.39 is 12.0 Å². The van der Waals surface area contributed by atoms with Gasteiger partial charge >= 0.3 is 5.97 Å². The van der Waals surface area contributed by atoms with Gasteiger partial charge in [-0.05, 0) is 49.2 Å². The Kier molecular flexibility index (Phi) is 5.89. The molecule has 3 aromatic rings. The van der Waals surface area contributed by atoms with Gasteiger partial charge in [-0.1, -0.05) is 53.3 Å². The zero-order valence-electron chi connectivity index (χ0n) is 16.8. The molecule has 31 heavy (non-hydrogen) atoms. The molecule has 0 saturated heterocycles. The maximum Gasteiger partial charge on any atom is 0.338 e. The molecular formula is C23H18ClFN2O3S. The molecule has 8 heteroatoms. The van der Waals surface area contributed by atoms with Gasteiger partial charge in [-0.3, -0.25) is 9.36 Å². The highest BCUT2D eigenvalue weighted by molar-refractivity contribution is 7.07. The molecule has 4 rings (SSSR count). The first kappa shape index (κ1) is 21.2. The summed E-state index contributed by atoms with van der Waals surface area (Å²) in [6, 6.07) is 12.2. The first-order valence-electron chi connectivity index (χ1n) is 9.60. The number of ether oxygens (including phenoxy) is 1. The van der Waals surface area contributed by atoms with Gasteiger partial charge in [0.15, 0.2) is 4.80 Å². The summed E-state index contributed by atoms with van der Waals surface area (Å²) in [5.41, 5.74) is 1.72. The molecule has 0 spiro atoms. The predicted octanol–water partition coefficient (Wildman–Crippen LogP) is 3.59. The Balaban J connectivity index is 1.97. The lowest BCUT2D eigenvalue weighted by atomic mass is 9.96. The highest BCUT2D eigenvalue weighted by Crippen LogP contribution is 2.34. The maximum atomic E-state index is 13.4. The van der Waals surface area contributed by atoms with Crippen LogP contribution < -0.4 is 14.9 Å². The summed E-state index contributed by atoms with van der Waals surface area (Å²) in [6.07, 6.45) is 1.68. The Morgan fingerprint density at radius 3 is 2.65 bits per heavy atom. The standard InChI is InChI=1S/C23H18ClFN2O3S/c1-3-30-22(29)19-13(2)26-23-27(20(19)16-6-4-5-7-17(16)24)21(28)18(31-23)12-14-8-10-15(25)11-9-14/h4-12,20H,3H2,1-2H3/b18-12+/t20-/m1/s1. The van der Waals surface area contributed by atoms with Crippen molar-refractivity contribution in [1.82, 2.24) is 4.57 Å². The van der Waals surface area contributed by atoms with Crippen LogP contribution >= 0.6 is 22.9 Å². The molecular weight excluding hydrogens is 439 g/mol. The third-order valence-electron chi connectivity index (χ3n) is 4.88. The third kappa shape index (κ3) is 3.98. The molecule has 0 saturated carbocycles. The van der Waals surface area contributed by atoms with Crippen molar-refractivity contribution in [3.05, 3.63) is 101 Å². The SMILES string of the molecule is CCOC(=O)C1=C(C)N=c2s/c(=C/c3ccc(F)cc3)c(=O)n2[C@@H]1c1ccccc1Cl. The number of halogens is 2. The Bertz CT molecular complexity index is 1370. The van der Waals surface area contributed by atoms with E-state index in [2.05, 4.69) is 4.99 Å². The number of nitrogens with zero attached hydrogens (tertiary/aromatic N) is 2. The van der Waals surface area contributed by atoms with Crippen LogP contribution in [0.1, 0.15) is 31.0 Å². The summed E-state index contributed by atoms with van der Waals surface area (Å²) in [4.78, 5) is 31.2. The zero-order valence-corrected chi connectivity index (χ0v) is 18.3. The van der Waals surface area contributed by atoms with Gasteiger partial charge in [0.25, 0.3) is 5.56 Å². The molecule has 158 valence electrons. The highest BCUT2D eigenvalue weighted by atomic mass is 35.5. The molecule has 2 heterocycles. The van der Waals surface area contributed by atoms with Gasteiger partial charge in [0.05, 0.1) is 22.4 Å². The van der Waals surface area contributed by atoms with E-state index in [0.717, 1.165) is 0 Å². The van der Waals surface area contributed by atoms with E-state index >= 15 is 0 Å². The number of aromatic nitrogens is 1. The Morgan fingerprint density at radius 2 is 1.97 bits per heavy atom. The van der Waals surface area contributed by atoms with Crippen LogP contribution in [0.2, 0.25) is 5.02 Å². The van der Waals surface area contributed by atoms with E-state index in [1.54, 1.807) is 56.3 Å². The van der Waals surface area contributed by atoms with E-state index in [9.17, 15) is 14.0 Å². The van der Waals surface area contributed by atoms with Crippen LogP contribution in [-0.2, 0) is 9.53 Å². The molecule has 1 aromatic heterocycles. The number of carbonyl (C=O) groups excluding carboxylic acids is 1. The zero-order chi connectivity index (χ0) is 22.1. The summed E-state index contributed by atoms with van der Waals surface area (Å²) in [7, 11) is 0. The second kappa shape index (κ2) is 8.61. The van der Waals surface area contributed by atoms with E-state index in [1.807, 2.05) is 0 Å². The fourth-order valence-electron chi connectivity index (χ4n) is 3.49. The minimum atomic E-state index is -0.764. The summed E-state index contributed by atoms with van der Waals surface area (Å²) in [6.45, 7) is 3.63. The van der Waals surface area contributed by atoms with Crippen LogP contribution in [0.25, 0.3) is 6.08 Å². The van der Waals surface area contributed by atoms with Crippen molar-refractivity contribution < 1.29 is 13.9 Å². The number of thiazole rings is 1. The summed E-state index contributed by atoms with van der Waals surface area (Å²) >= 11 is 7.66. The van der Waals surface area contributed by atoms with Crippen LogP contribution in [-0.4, -0.2) is 17.1 Å². The number of benzene rings is 2. The normalized spacial score (nSPS) is 16.1. The Hall–Kier alpha value is -3.03. The summed E-state index contributed by atoms with van der Waals surface area (Å²) in [5.74, 6) is -0.895. The molecule has 1 atom stereocenters. The molecule has 2 aromatic carbocycles. The second-order valence-corrected chi connectivity index (χ2v) is 8.29. The van der Waals surface area contributed by atoms with Gasteiger partial charge in [0.2, 0.25) is 0 Å². The van der Waals surface area contributed by atoms with Gasteiger partial charge in [-0.2, -0.15) is 0 Å². The quantitative estimate of drug-likeness (QED) is 0.564. The van der Waals surface area contributed by atoms with Crippen molar-refractivity contribution in [3.8, 4) is 0 Å². The Labute approximate surface area is 186 Å². The van der Waals surface area contributed by atoms with E-state index in [1.165, 1.54) is 28.0 Å². The van der Waals surface area contributed by atoms with Gasteiger partial charge in [-0.25, -0.2) is 14.2 Å². The van der Waals surface area contributed by atoms with E-state index in [4.69, 9.17) is 16.3 Å². The highest BCUT2D eigenvalue weighted by Gasteiger charge is 2.34. The largest absolute Gasteiger partial charge is 0.463 e. The minimum Gasteiger partial charge on any atom is -0.463 e. The third-order valence-corrected chi connectivity index (χ3v) is 6.21. The first-order chi connectivity index (χ1) is 14.9. The van der Waals surface area contributed by atoms with Gasteiger partial charge in [0, 0.05) is 5.02 Å². The molecule has 1 aliphatic rings. The number of rotatable bonds is 4. The van der Waals surface area contributed by atoms with Crippen molar-refractivity contribution in [2.75, 3.05) is 6.61 Å². The second-order valence-electron chi connectivity index (χ2n) is 6.88. The van der Waals surface area contributed by atoms with Crippen molar-refractivity contribution >= 4 is 35.0 Å². The van der Waals surface area contributed by atoms with Crippen LogP contribution in [0, 0.1) is 5.82 Å². The summed E-state index contributed by atoms with van der Waals surface area (Å²) in [5, 5.41) is 0.428. The molecule has 0 bridgehead atoms. The molecule has 0 N–H and O–H groups in total. The topological polar surface area (TPSA) is 60.7 Å². The fourth-order valence-corrected chi connectivity index (χ4v) is 4.78. The van der Waals surface area contributed by atoms with Crippen LogP contribution in [0.15, 0.2) is 69.6 Å². The van der Waals surface area contributed by atoms with Crippen molar-refractivity contribution in [2.45, 2.75) is 19.9 Å². The van der Waals surface area contributed by atoms with Crippen LogP contribution in [0.4, 0.5) is 4.39 Å². The fraction of sp³-hybridized carbons (Fsp3) is 0.174. The monoisotopic (exact) mass is 456 g/mol. The van der Waals surface area contributed by atoms with Crippen LogP contribution in [0.5, 0.6) is 0 Å². The van der Waals surface area contributed by atoms with Crippen molar-refractivity contribution in [3.63, 3.8) is 0 Å². The lowest BCUT2D eigenvalue weighted by molar-refractivity contribution is -0.139. The molecule has 0 radical (unpaired) electrons. The smallest absolute Gasteiger partial charge is 0.338 e. The number of allylic oxidation sites excluding steroid dienone is 1. The number of fused-ring (bicyclic) bond motifs is 1. The predicted molar refractivity (Wildman–Crippen MR) is 118 cm³/mol. The first-order valence-corrected chi connectivity index (χ1v) is 10.8. The van der Waals surface area contributed by atoms with E-state index in [0.29, 0.717) is 31.2 Å². The Morgan fingerprint density at radius 1 is 1.26 bits per heavy atom. The summed E-state index contributed by atoms with van der Waals surface area (Å²) < 4.78 is 20.4. The molecule has 0 amide bonds. The molecule has 0 aliphatic carbocycles. The number of esters is 1. The average molecular weight is 457 g/mol. The number of hydrogen-bond donors (Lipinski definition) is 0. The van der Waals surface area contributed by atoms with Gasteiger partial charge in [0.1, 0.15) is 11.9 Å². The van der Waals surface area contributed by atoms with E-state index in [-0.39, 0.29) is 23.6 Å². The maximum absolute atomic E-state index is 13.4. The average Bonchev–Trinajstić information content (AvgIpc) is 3.04. The molecule has 0 fully saturated rings. The van der Waals surface area contributed by atoms with Crippen molar-refractivity contribution in [1.29, 1.82) is 0 Å².